The van der Waals surface area contributed by atoms with Crippen molar-refractivity contribution in [1.29, 1.82) is 0 Å². The van der Waals surface area contributed by atoms with Gasteiger partial charge in [-0.15, -0.1) is 23.4 Å². The van der Waals surface area contributed by atoms with Crippen molar-refractivity contribution < 1.29 is 47.8 Å². The lowest BCUT2D eigenvalue weighted by Crippen LogP contribution is -2.57. The van der Waals surface area contributed by atoms with Crippen molar-refractivity contribution in [3.63, 3.8) is 0 Å². The van der Waals surface area contributed by atoms with Gasteiger partial charge in [-0.1, -0.05) is 32.1 Å². The predicted octanol–water partition coefficient (Wildman–Crippen LogP) is 3.20. The first-order valence-electron chi connectivity index (χ1n) is 14.3. The summed E-state index contributed by atoms with van der Waals surface area (Å²) in [6.07, 6.45) is -1.35. The summed E-state index contributed by atoms with van der Waals surface area (Å²) in [6, 6.07) is 5.46. The number of aliphatic carboxylic acids is 1. The zero-order chi connectivity index (χ0) is 32.5. The van der Waals surface area contributed by atoms with Crippen LogP contribution in [0.4, 0.5) is 14.0 Å². The largest absolute Gasteiger partial charge is 0.534 e. The van der Waals surface area contributed by atoms with Gasteiger partial charge in [-0.2, -0.15) is 0 Å². The molecule has 5 rings (SSSR count). The molecule has 2 unspecified atom stereocenters. The molecule has 13 nitrogen and oxygen atoms in total. The first-order chi connectivity index (χ1) is 21.4. The van der Waals surface area contributed by atoms with Gasteiger partial charge in [0.2, 0.25) is 11.8 Å². The zero-order valence-electron chi connectivity index (χ0n) is 24.6. The standard InChI is InChI=1S/C30H33FN4O9S/c1-4-18-12-30(18,27(38)39)32-25(36)22-11-19(42-28(40)34-13-17-7-5-8-21(31)20(17)15-34)14-35(22)26(37)24(16(2)3)33-44-29(41)43-23-9-6-10-45-23/h4-10,16,18-19,22,24,33H,1,11-15H2,2-3H3,(H,32,36)(H,38,39)/t18-,19-,22+,24?,30?/m1/s1. The third kappa shape index (κ3) is 6.63. The maximum absolute atomic E-state index is 14.3. The summed E-state index contributed by atoms with van der Waals surface area (Å²) in [7, 11) is 0. The van der Waals surface area contributed by atoms with Gasteiger partial charge in [0.05, 0.1) is 13.1 Å². The van der Waals surface area contributed by atoms with Crippen molar-refractivity contribution >= 4 is 41.4 Å². The third-order valence-electron chi connectivity index (χ3n) is 8.21. The molecule has 2 aromatic rings. The maximum atomic E-state index is 14.3. The number of nitrogens with one attached hydrogen (secondary N) is 2. The van der Waals surface area contributed by atoms with Gasteiger partial charge in [0, 0.05) is 24.4 Å². The molecule has 0 spiro atoms. The van der Waals surface area contributed by atoms with Gasteiger partial charge < -0.3 is 29.6 Å². The Hall–Kier alpha value is -4.50. The summed E-state index contributed by atoms with van der Waals surface area (Å²) in [5.74, 6) is -4.01. The Morgan fingerprint density at radius 3 is 2.58 bits per heavy atom. The molecule has 45 heavy (non-hydrogen) atoms. The molecule has 0 radical (unpaired) electrons. The molecule has 240 valence electrons. The molecular formula is C30H33FN4O9S. The number of hydrogen-bond donors (Lipinski definition) is 3. The summed E-state index contributed by atoms with van der Waals surface area (Å²) >= 11 is 1.16. The molecule has 15 heteroatoms. The predicted molar refractivity (Wildman–Crippen MR) is 156 cm³/mol. The second kappa shape index (κ2) is 12.9. The van der Waals surface area contributed by atoms with Gasteiger partial charge >= 0.3 is 18.2 Å². The summed E-state index contributed by atoms with van der Waals surface area (Å²) < 4.78 is 25.0. The van der Waals surface area contributed by atoms with Crippen molar-refractivity contribution in [3.05, 3.63) is 65.3 Å². The van der Waals surface area contributed by atoms with Crippen LogP contribution in [0.15, 0.2) is 48.4 Å². The number of thiophene rings is 1. The Bertz CT molecular complexity index is 1500. The maximum Gasteiger partial charge on any atom is 0.534 e. The van der Waals surface area contributed by atoms with Crippen LogP contribution in [-0.4, -0.2) is 75.2 Å². The van der Waals surface area contributed by atoms with Crippen LogP contribution in [0.2, 0.25) is 0 Å². The number of ether oxygens (including phenoxy) is 2. The number of benzene rings is 1. The average molecular weight is 645 g/mol. The number of hydroxylamine groups is 1. The van der Waals surface area contributed by atoms with Crippen LogP contribution in [0.25, 0.3) is 0 Å². The van der Waals surface area contributed by atoms with E-state index < -0.39 is 71.4 Å². The smallest absolute Gasteiger partial charge is 0.479 e. The van der Waals surface area contributed by atoms with E-state index in [1.165, 1.54) is 21.9 Å². The first-order valence-corrected chi connectivity index (χ1v) is 15.2. The van der Waals surface area contributed by atoms with Gasteiger partial charge in [-0.3, -0.25) is 14.5 Å². The number of amides is 3. The molecule has 2 fully saturated rings. The molecule has 0 bridgehead atoms. The van der Waals surface area contributed by atoms with Crippen molar-refractivity contribution in [2.75, 3.05) is 6.54 Å². The lowest BCUT2D eigenvalue weighted by atomic mass is 10.0. The second-order valence-corrected chi connectivity index (χ2v) is 12.4. The highest BCUT2D eigenvalue weighted by Gasteiger charge is 2.61. The molecular weight excluding hydrogens is 611 g/mol. The number of carboxylic acids is 1. The van der Waals surface area contributed by atoms with Crippen LogP contribution >= 0.6 is 11.3 Å². The van der Waals surface area contributed by atoms with Gasteiger partial charge in [-0.05, 0) is 41.5 Å². The number of hydrogen-bond acceptors (Lipinski definition) is 10. The van der Waals surface area contributed by atoms with Crippen molar-refractivity contribution in [2.24, 2.45) is 11.8 Å². The Labute approximate surface area is 261 Å². The van der Waals surface area contributed by atoms with Gasteiger partial charge in [-0.25, -0.2) is 18.8 Å². The second-order valence-electron chi connectivity index (χ2n) is 11.5. The number of fused-ring (bicyclic) bond motifs is 1. The van der Waals surface area contributed by atoms with Crippen molar-refractivity contribution in [2.45, 2.75) is 63.5 Å². The fourth-order valence-corrected chi connectivity index (χ4v) is 6.17. The number of nitrogens with zero attached hydrogens (tertiary/aromatic N) is 2. The molecule has 3 heterocycles. The van der Waals surface area contributed by atoms with Gasteiger partial charge in [0.1, 0.15) is 29.5 Å². The number of carbonyl (C=O) groups excluding carboxylic acids is 4. The van der Waals surface area contributed by atoms with E-state index in [1.54, 1.807) is 43.5 Å². The summed E-state index contributed by atoms with van der Waals surface area (Å²) in [5, 5.41) is 14.4. The van der Waals surface area contributed by atoms with Crippen LogP contribution in [0.3, 0.4) is 0 Å². The van der Waals surface area contributed by atoms with Crippen LogP contribution in [-0.2, 0) is 37.0 Å². The monoisotopic (exact) mass is 644 g/mol. The molecule has 1 aromatic carbocycles. The SMILES string of the molecule is C=C[C@@H]1CC1(NC(=O)[C@@H]1C[C@@H](OC(=O)N2Cc3cccc(F)c3C2)CN1C(=O)C(NOC(=O)Oc1cccs1)C(C)C)C(=O)O. The summed E-state index contributed by atoms with van der Waals surface area (Å²) in [4.78, 5) is 72.3. The molecule has 1 saturated carbocycles. The number of carboxylic acid groups (broad SMARTS) is 1. The molecule has 1 aromatic heterocycles. The summed E-state index contributed by atoms with van der Waals surface area (Å²) in [5.41, 5.74) is 1.91. The third-order valence-corrected chi connectivity index (χ3v) is 8.95. The average Bonchev–Trinajstić information content (AvgIpc) is 3.39. The van der Waals surface area contributed by atoms with E-state index in [2.05, 4.69) is 17.4 Å². The van der Waals surface area contributed by atoms with E-state index in [0.29, 0.717) is 11.1 Å². The molecule has 1 saturated heterocycles. The van der Waals surface area contributed by atoms with E-state index in [9.17, 15) is 33.5 Å². The topological polar surface area (TPSA) is 164 Å². The minimum absolute atomic E-state index is 0.00243. The van der Waals surface area contributed by atoms with E-state index in [1.807, 2.05) is 0 Å². The lowest BCUT2D eigenvalue weighted by molar-refractivity contribution is -0.146. The van der Waals surface area contributed by atoms with Gasteiger partial charge in [0.25, 0.3) is 0 Å². The molecule has 5 atom stereocenters. The summed E-state index contributed by atoms with van der Waals surface area (Å²) in [6.45, 7) is 6.94. The normalized spacial score (nSPS) is 24.0. The highest BCUT2D eigenvalue weighted by atomic mass is 32.1. The minimum Gasteiger partial charge on any atom is -0.479 e. The van der Waals surface area contributed by atoms with E-state index in [-0.39, 0.29) is 37.5 Å². The fourth-order valence-electron chi connectivity index (χ4n) is 5.61. The Morgan fingerprint density at radius 1 is 1.18 bits per heavy atom. The lowest BCUT2D eigenvalue weighted by Gasteiger charge is -2.30. The Balaban J connectivity index is 1.30. The zero-order valence-corrected chi connectivity index (χ0v) is 25.4. The number of carbonyl (C=O) groups is 5. The molecule has 3 aliphatic rings. The molecule has 3 amide bonds. The quantitative estimate of drug-likeness (QED) is 0.199. The van der Waals surface area contributed by atoms with Crippen LogP contribution < -0.4 is 15.5 Å². The molecule has 1 aliphatic carbocycles. The fraction of sp³-hybridized carbons (Fsp3) is 0.433. The van der Waals surface area contributed by atoms with Crippen LogP contribution in [0.5, 0.6) is 5.06 Å². The highest BCUT2D eigenvalue weighted by Crippen LogP contribution is 2.45. The van der Waals surface area contributed by atoms with E-state index in [0.717, 1.165) is 11.3 Å². The number of likely N-dealkylation sites (tertiary alicyclic amines) is 1. The first kappa shape index (κ1) is 31.9. The molecule has 3 N–H and O–H groups in total. The van der Waals surface area contributed by atoms with Crippen molar-refractivity contribution in [1.82, 2.24) is 20.6 Å². The highest BCUT2D eigenvalue weighted by molar-refractivity contribution is 7.11. The van der Waals surface area contributed by atoms with Gasteiger partial charge in [0.15, 0.2) is 5.06 Å². The number of halogens is 1. The minimum atomic E-state index is -1.56. The van der Waals surface area contributed by atoms with E-state index >= 15 is 0 Å². The van der Waals surface area contributed by atoms with Crippen LogP contribution in [0.1, 0.15) is 37.8 Å². The Morgan fingerprint density at radius 2 is 1.96 bits per heavy atom. The van der Waals surface area contributed by atoms with E-state index in [4.69, 9.17) is 14.3 Å². The Kier molecular flexibility index (Phi) is 9.11. The van der Waals surface area contributed by atoms with Crippen molar-refractivity contribution in [3.8, 4) is 5.06 Å². The van der Waals surface area contributed by atoms with Crippen LogP contribution in [0, 0.1) is 17.7 Å². The molecule has 2 aliphatic heterocycles. The number of rotatable bonds is 10.